The van der Waals surface area contributed by atoms with Gasteiger partial charge in [-0.05, 0) is 30.2 Å². The van der Waals surface area contributed by atoms with Gasteiger partial charge in [-0.2, -0.15) is 4.31 Å². The predicted octanol–water partition coefficient (Wildman–Crippen LogP) is 1.83. The number of aliphatic imine (C=N–C) groups is 1. The summed E-state index contributed by atoms with van der Waals surface area (Å²) in [4.78, 5) is 6.41. The van der Waals surface area contributed by atoms with E-state index in [2.05, 4.69) is 26.4 Å². The third kappa shape index (κ3) is 6.32. The first kappa shape index (κ1) is 24.4. The molecule has 0 bridgehead atoms. The number of aromatic nitrogens is 1. The van der Waals surface area contributed by atoms with Crippen molar-refractivity contribution < 1.29 is 17.7 Å². The third-order valence-electron chi connectivity index (χ3n) is 4.76. The summed E-state index contributed by atoms with van der Waals surface area (Å²) in [7, 11) is -0.0370. The highest BCUT2D eigenvalue weighted by molar-refractivity contribution is 14.0. The molecule has 9 nitrogen and oxygen atoms in total. The van der Waals surface area contributed by atoms with E-state index in [1.165, 1.54) is 10.6 Å². The molecular weight excluding hydrogens is 521 g/mol. The van der Waals surface area contributed by atoms with Gasteiger partial charge in [0.1, 0.15) is 17.8 Å². The van der Waals surface area contributed by atoms with Crippen LogP contribution in [0.1, 0.15) is 16.8 Å². The molecule has 1 fully saturated rings. The summed E-state index contributed by atoms with van der Waals surface area (Å²) in [5, 5.41) is 7.05. The lowest BCUT2D eigenvalue weighted by Gasteiger charge is -2.35. The standard InChI is InChI=1S/C19H27N5O4S.HI/c1-15-10-16(12-18(11-15)27-3)13-21-19(20-2)23-5-7-24(8-6-23)29(25,26)14-17-4-9-28-22-17;/h4,9-12H,5-8,13-14H2,1-3H3,(H,20,21);1H. The van der Waals surface area contributed by atoms with E-state index in [0.29, 0.717) is 38.4 Å². The summed E-state index contributed by atoms with van der Waals surface area (Å²) in [6.45, 7) is 4.57. The van der Waals surface area contributed by atoms with Crippen LogP contribution < -0.4 is 10.1 Å². The lowest BCUT2D eigenvalue weighted by Crippen LogP contribution is -2.53. The second-order valence-electron chi connectivity index (χ2n) is 6.89. The lowest BCUT2D eigenvalue weighted by molar-refractivity contribution is 0.259. The smallest absolute Gasteiger partial charge is 0.220 e. The molecule has 3 rings (SSSR count). The van der Waals surface area contributed by atoms with Crippen molar-refractivity contribution in [2.75, 3.05) is 40.3 Å². The molecule has 2 heterocycles. The molecule has 1 aliphatic heterocycles. The Balaban J connectivity index is 0.00000320. The first-order chi connectivity index (χ1) is 13.9. The Morgan fingerprint density at radius 1 is 1.27 bits per heavy atom. The predicted molar refractivity (Wildman–Crippen MR) is 126 cm³/mol. The number of halogens is 1. The van der Waals surface area contributed by atoms with Crippen molar-refractivity contribution in [2.45, 2.75) is 19.2 Å². The summed E-state index contributed by atoms with van der Waals surface area (Å²) in [5.41, 5.74) is 2.64. The zero-order valence-electron chi connectivity index (χ0n) is 17.4. The molecule has 0 aliphatic carbocycles. The number of aryl methyl sites for hydroxylation is 1. The fourth-order valence-electron chi connectivity index (χ4n) is 3.33. The lowest BCUT2D eigenvalue weighted by atomic mass is 10.1. The van der Waals surface area contributed by atoms with Crippen molar-refractivity contribution in [1.82, 2.24) is 19.7 Å². The largest absolute Gasteiger partial charge is 0.497 e. The average molecular weight is 549 g/mol. The van der Waals surface area contributed by atoms with Gasteiger partial charge in [0.25, 0.3) is 0 Å². The Bertz CT molecular complexity index is 942. The fraction of sp³-hybridized carbons (Fsp3) is 0.474. The van der Waals surface area contributed by atoms with E-state index >= 15 is 0 Å². The molecule has 0 saturated carbocycles. The molecule has 166 valence electrons. The molecule has 0 spiro atoms. The molecule has 0 atom stereocenters. The molecule has 1 saturated heterocycles. The minimum absolute atomic E-state index is 0. The highest BCUT2D eigenvalue weighted by Crippen LogP contribution is 2.17. The number of ether oxygens (including phenoxy) is 1. The molecular formula is C19H28IN5O4S. The van der Waals surface area contributed by atoms with Gasteiger partial charge < -0.3 is 19.5 Å². The number of nitrogens with one attached hydrogen (secondary N) is 1. The molecule has 1 aromatic heterocycles. The topological polar surface area (TPSA) is 100 Å². The van der Waals surface area contributed by atoms with Crippen LogP contribution in [0.15, 0.2) is 40.0 Å². The minimum Gasteiger partial charge on any atom is -0.497 e. The van der Waals surface area contributed by atoms with Crippen LogP contribution in [0.5, 0.6) is 5.75 Å². The van der Waals surface area contributed by atoms with E-state index in [1.54, 1.807) is 20.2 Å². The van der Waals surface area contributed by atoms with Crippen molar-refractivity contribution in [1.29, 1.82) is 0 Å². The van der Waals surface area contributed by atoms with E-state index in [9.17, 15) is 8.42 Å². The second-order valence-corrected chi connectivity index (χ2v) is 8.86. The summed E-state index contributed by atoms with van der Waals surface area (Å²) in [6, 6.07) is 7.63. The van der Waals surface area contributed by atoms with Crippen molar-refractivity contribution in [3.8, 4) is 5.75 Å². The maximum absolute atomic E-state index is 12.6. The second kappa shape index (κ2) is 11.0. The molecule has 1 aliphatic rings. The van der Waals surface area contributed by atoms with Gasteiger partial charge in [0.05, 0.1) is 12.8 Å². The maximum atomic E-state index is 12.6. The molecule has 0 radical (unpaired) electrons. The molecule has 0 unspecified atom stereocenters. The van der Waals surface area contributed by atoms with Gasteiger partial charge in [-0.15, -0.1) is 24.0 Å². The number of nitrogens with zero attached hydrogens (tertiary/aromatic N) is 4. The van der Waals surface area contributed by atoms with Crippen LogP contribution in [0.3, 0.4) is 0 Å². The van der Waals surface area contributed by atoms with Gasteiger partial charge in [-0.3, -0.25) is 4.99 Å². The van der Waals surface area contributed by atoms with E-state index in [1.807, 2.05) is 19.1 Å². The maximum Gasteiger partial charge on any atom is 0.220 e. The first-order valence-electron chi connectivity index (χ1n) is 9.38. The Labute approximate surface area is 194 Å². The first-order valence-corrected chi connectivity index (χ1v) is 11.0. The van der Waals surface area contributed by atoms with Gasteiger partial charge in [-0.1, -0.05) is 11.2 Å². The highest BCUT2D eigenvalue weighted by Gasteiger charge is 2.28. The fourth-order valence-corrected chi connectivity index (χ4v) is 4.75. The van der Waals surface area contributed by atoms with E-state index in [0.717, 1.165) is 22.8 Å². The Kier molecular flexibility index (Phi) is 8.92. The van der Waals surface area contributed by atoms with Crippen LogP contribution in [0, 0.1) is 6.92 Å². The van der Waals surface area contributed by atoms with Crippen LogP contribution in [0.2, 0.25) is 0 Å². The van der Waals surface area contributed by atoms with Crippen molar-refractivity contribution in [3.63, 3.8) is 0 Å². The molecule has 30 heavy (non-hydrogen) atoms. The normalized spacial score (nSPS) is 15.6. The highest BCUT2D eigenvalue weighted by atomic mass is 127. The van der Waals surface area contributed by atoms with Crippen LogP contribution in [-0.2, 0) is 22.3 Å². The number of hydrogen-bond donors (Lipinski definition) is 1. The summed E-state index contributed by atoms with van der Waals surface area (Å²) < 4.78 is 36.7. The van der Waals surface area contributed by atoms with Gasteiger partial charge >= 0.3 is 0 Å². The third-order valence-corrected chi connectivity index (χ3v) is 6.57. The van der Waals surface area contributed by atoms with Crippen molar-refractivity contribution in [3.05, 3.63) is 47.3 Å². The van der Waals surface area contributed by atoms with Gasteiger partial charge in [-0.25, -0.2) is 8.42 Å². The minimum atomic E-state index is -3.42. The number of sulfonamides is 1. The molecule has 2 aromatic rings. The quantitative estimate of drug-likeness (QED) is 0.334. The van der Waals surface area contributed by atoms with Crippen LogP contribution in [0.25, 0.3) is 0 Å². The Morgan fingerprint density at radius 3 is 2.60 bits per heavy atom. The molecule has 1 N–H and O–H groups in total. The number of piperazine rings is 1. The SMILES string of the molecule is CN=C(NCc1cc(C)cc(OC)c1)N1CCN(S(=O)(=O)Cc2ccon2)CC1.I. The number of guanidine groups is 1. The van der Waals surface area contributed by atoms with Crippen LogP contribution in [0.4, 0.5) is 0 Å². The molecule has 11 heteroatoms. The van der Waals surface area contributed by atoms with Crippen LogP contribution in [-0.4, -0.2) is 69.1 Å². The summed E-state index contributed by atoms with van der Waals surface area (Å²) in [6.07, 6.45) is 1.38. The van der Waals surface area contributed by atoms with Crippen molar-refractivity contribution >= 4 is 40.0 Å². The average Bonchev–Trinajstić information content (AvgIpc) is 3.20. The van der Waals surface area contributed by atoms with Gasteiger partial charge in [0.2, 0.25) is 10.0 Å². The molecule has 1 aromatic carbocycles. The van der Waals surface area contributed by atoms with E-state index < -0.39 is 10.0 Å². The monoisotopic (exact) mass is 549 g/mol. The Hall–Kier alpha value is -1.86. The number of rotatable bonds is 6. The number of benzene rings is 1. The summed E-state index contributed by atoms with van der Waals surface area (Å²) >= 11 is 0. The Morgan fingerprint density at radius 2 is 2.00 bits per heavy atom. The molecule has 0 amide bonds. The van der Waals surface area contributed by atoms with Crippen molar-refractivity contribution in [2.24, 2.45) is 4.99 Å². The van der Waals surface area contributed by atoms with E-state index in [4.69, 9.17) is 9.26 Å². The van der Waals surface area contributed by atoms with Crippen LogP contribution >= 0.6 is 24.0 Å². The van der Waals surface area contributed by atoms with Gasteiger partial charge in [0.15, 0.2) is 5.96 Å². The zero-order chi connectivity index (χ0) is 20.9. The van der Waals surface area contributed by atoms with E-state index in [-0.39, 0.29) is 29.7 Å². The zero-order valence-corrected chi connectivity index (χ0v) is 20.5. The number of methoxy groups -OCH3 is 1. The van der Waals surface area contributed by atoms with Gasteiger partial charge in [0, 0.05) is 45.8 Å². The summed E-state index contributed by atoms with van der Waals surface area (Å²) in [5.74, 6) is 1.42. The number of hydrogen-bond acceptors (Lipinski definition) is 6.